The Hall–Kier alpha value is -8.68. The Morgan fingerprint density at radius 3 is 1.00 bits per heavy atom. The minimum absolute atomic E-state index is 0.0431. The van der Waals surface area contributed by atoms with Gasteiger partial charge in [0.2, 0.25) is 17.7 Å². The molecule has 31 heteroatoms. The molecule has 0 bridgehead atoms. The minimum Gasteiger partial charge on any atom is -0.492 e. The second-order valence-corrected chi connectivity index (χ2v) is 22.6. The van der Waals surface area contributed by atoms with E-state index in [1.165, 1.54) is 82.1 Å². The number of aromatic nitrogens is 6. The zero-order chi connectivity index (χ0) is 64.5. The maximum atomic E-state index is 11.6. The number of anilines is 9. The van der Waals surface area contributed by atoms with Gasteiger partial charge in [0.05, 0.1) is 85.7 Å². The molecule has 6 heterocycles. The number of nitrogens with two attached hydrogens (primary N) is 1. The van der Waals surface area contributed by atoms with Gasteiger partial charge in [0.1, 0.15) is 17.2 Å². The van der Waals surface area contributed by atoms with Crippen molar-refractivity contribution >= 4 is 134 Å². The molecule has 0 unspecified atom stereocenters. The van der Waals surface area contributed by atoms with E-state index in [0.29, 0.717) is 54.5 Å². The molecule has 25 nitrogen and oxygen atoms in total. The van der Waals surface area contributed by atoms with Gasteiger partial charge in [0, 0.05) is 52.3 Å². The molecule has 3 aromatic carbocycles. The highest BCUT2D eigenvalue weighted by Crippen LogP contribution is 2.40. The van der Waals surface area contributed by atoms with Gasteiger partial charge in [-0.2, -0.15) is 0 Å². The number of carbonyl (C=O) groups is 3. The fourth-order valence-electron chi connectivity index (χ4n) is 6.89. The highest BCUT2D eigenvalue weighted by Gasteiger charge is 2.19. The lowest BCUT2D eigenvalue weighted by atomic mass is 10.3. The summed E-state index contributed by atoms with van der Waals surface area (Å²) in [4.78, 5) is 75.4. The molecule has 0 saturated carbocycles. The summed E-state index contributed by atoms with van der Waals surface area (Å²) in [7, 11) is 3.78. The van der Waals surface area contributed by atoms with Gasteiger partial charge >= 0.3 is 0 Å². The maximum absolute atomic E-state index is 11.6. The highest BCUT2D eigenvalue weighted by molar-refractivity contribution is 7.21. The van der Waals surface area contributed by atoms with Crippen molar-refractivity contribution in [2.75, 3.05) is 72.9 Å². The number of para-hydroxylation sites is 6. The molecular weight excluding hydrogens is 1240 g/mol. The van der Waals surface area contributed by atoms with Crippen LogP contribution in [0.3, 0.4) is 0 Å². The van der Waals surface area contributed by atoms with Crippen LogP contribution in [0.15, 0.2) is 94.1 Å². The summed E-state index contributed by atoms with van der Waals surface area (Å²) in [6.07, 6.45) is 1.29. The molecule has 88 heavy (non-hydrogen) atoms. The van der Waals surface area contributed by atoms with Crippen LogP contribution < -0.4 is 51.8 Å². The van der Waals surface area contributed by atoms with Gasteiger partial charge in [0.15, 0.2) is 37.8 Å². The summed E-state index contributed by atoms with van der Waals surface area (Å²) in [6, 6.07) is 23.3. The van der Waals surface area contributed by atoms with Crippen molar-refractivity contribution in [3.05, 3.63) is 127 Å². The van der Waals surface area contributed by atoms with Crippen LogP contribution in [0.25, 0.3) is 42.2 Å². The SMILES string of the molecule is CCOc1ccccc1Nc1nc(-c2sc(NC(=O)CC)nc2C)cs1.CCOc1ccccc1Nc1nc(-c2sc(NC(=O)CC)nc2C)cs1.CCOc1ccccc1Nc1nc(-c2sc(NC(=O)CC)nc2C)cs1.CN.CN=[N+]=[N-].C[N+](=O)[O-]. The van der Waals surface area contributed by atoms with E-state index >= 15 is 0 Å². The molecule has 9 aromatic rings. The quantitative estimate of drug-likeness (QED) is 0.0115. The molecule has 3 amide bonds. The van der Waals surface area contributed by atoms with Crippen molar-refractivity contribution in [3.63, 3.8) is 0 Å². The molecule has 0 aliphatic carbocycles. The monoisotopic (exact) mass is 1310 g/mol. The molecule has 0 atom stereocenters. The van der Waals surface area contributed by atoms with Crippen molar-refractivity contribution in [1.29, 1.82) is 0 Å². The highest BCUT2D eigenvalue weighted by atomic mass is 32.1. The number of carbonyl (C=O) groups excluding carboxylic acids is 3. The number of nitro groups is 1. The van der Waals surface area contributed by atoms with Crippen LogP contribution in [0.1, 0.15) is 77.9 Å². The van der Waals surface area contributed by atoms with E-state index in [1.807, 2.05) is 151 Å². The van der Waals surface area contributed by atoms with Crippen LogP contribution in [0.4, 0.5) is 47.9 Å². The summed E-state index contributed by atoms with van der Waals surface area (Å²) in [6.45, 7) is 18.9. The molecule has 8 N–H and O–H groups in total. The van der Waals surface area contributed by atoms with Crippen molar-refractivity contribution in [2.45, 2.75) is 81.6 Å². The summed E-state index contributed by atoms with van der Waals surface area (Å²) in [5, 5.41) is 40.2. The predicted octanol–water partition coefficient (Wildman–Crippen LogP) is 15.6. The van der Waals surface area contributed by atoms with Gasteiger partial charge in [-0.15, -0.1) is 34.0 Å². The first-order chi connectivity index (χ1) is 42.4. The van der Waals surface area contributed by atoms with E-state index < -0.39 is 4.92 Å². The number of benzene rings is 3. The number of nitrogens with one attached hydrogen (secondary N) is 6. The number of thiazole rings is 6. The van der Waals surface area contributed by atoms with E-state index in [1.54, 1.807) is 0 Å². The summed E-state index contributed by atoms with van der Waals surface area (Å²) in [5.41, 5.74) is 19.6. The molecule has 9 rings (SSSR count). The second kappa shape index (κ2) is 38.5. The summed E-state index contributed by atoms with van der Waals surface area (Å²) in [5.74, 6) is 2.26. The fraction of sp³-hybridized carbons (Fsp3) is 0.316. The number of aryl methyl sites for hydroxylation is 3. The molecule has 0 spiro atoms. The number of amides is 3. The molecule has 0 fully saturated rings. The molecule has 0 aliphatic heterocycles. The molecule has 6 aromatic heterocycles. The lowest BCUT2D eigenvalue weighted by Crippen LogP contribution is -2.08. The Kier molecular flexibility index (Phi) is 31.4. The Morgan fingerprint density at radius 1 is 0.523 bits per heavy atom. The topological polar surface area (TPSA) is 346 Å². The Morgan fingerprint density at radius 2 is 0.773 bits per heavy atom. The number of hydrogen-bond donors (Lipinski definition) is 7. The molecule has 0 aliphatic rings. The van der Waals surface area contributed by atoms with Gasteiger partial charge in [-0.3, -0.25) is 24.5 Å². The van der Waals surface area contributed by atoms with E-state index in [4.69, 9.17) is 29.9 Å². The number of ether oxygens (including phenoxy) is 3. The van der Waals surface area contributed by atoms with E-state index in [0.717, 1.165) is 106 Å². The summed E-state index contributed by atoms with van der Waals surface area (Å²) >= 11 is 8.86. The van der Waals surface area contributed by atoms with Crippen LogP contribution in [0, 0.1) is 30.9 Å². The van der Waals surface area contributed by atoms with Gasteiger partial charge in [-0.05, 0) is 90.5 Å². The Bertz CT molecular complexity index is 3330. The van der Waals surface area contributed by atoms with Gasteiger partial charge in [-0.1, -0.05) is 96.3 Å². The van der Waals surface area contributed by atoms with Crippen LogP contribution in [-0.4, -0.2) is 93.5 Å². The lowest BCUT2D eigenvalue weighted by molar-refractivity contribution is -0.445. The molecule has 468 valence electrons. The smallest absolute Gasteiger partial charge is 0.225 e. The Balaban J connectivity index is 0.000000262. The van der Waals surface area contributed by atoms with E-state index in [2.05, 4.69) is 77.6 Å². The van der Waals surface area contributed by atoms with Crippen LogP contribution in [0.2, 0.25) is 0 Å². The molecule has 0 saturated heterocycles. The molecule has 0 radical (unpaired) electrons. The van der Waals surface area contributed by atoms with Gasteiger partial charge < -0.3 is 51.8 Å². The van der Waals surface area contributed by atoms with E-state index in [9.17, 15) is 14.4 Å². The van der Waals surface area contributed by atoms with Crippen molar-refractivity contribution < 1.29 is 33.5 Å². The van der Waals surface area contributed by atoms with Crippen LogP contribution in [0.5, 0.6) is 17.2 Å². The maximum Gasteiger partial charge on any atom is 0.225 e. The van der Waals surface area contributed by atoms with Crippen molar-refractivity contribution in [2.24, 2.45) is 10.8 Å². The van der Waals surface area contributed by atoms with E-state index in [-0.39, 0.29) is 17.7 Å². The Labute approximate surface area is 534 Å². The third-order valence-electron chi connectivity index (χ3n) is 10.7. The number of nitrogens with zero attached hydrogens (tertiary/aromatic N) is 10. The summed E-state index contributed by atoms with van der Waals surface area (Å²) < 4.78 is 16.9. The largest absolute Gasteiger partial charge is 0.492 e. The van der Waals surface area contributed by atoms with Crippen molar-refractivity contribution in [1.82, 2.24) is 29.9 Å². The van der Waals surface area contributed by atoms with Crippen LogP contribution in [-0.2, 0) is 14.4 Å². The first-order valence-electron chi connectivity index (χ1n) is 27.2. The number of hydrogen-bond acceptors (Lipinski definition) is 25. The first-order valence-corrected chi connectivity index (χ1v) is 32.3. The third kappa shape index (κ3) is 23.2. The second-order valence-electron chi connectivity index (χ2n) is 17.0. The van der Waals surface area contributed by atoms with Crippen molar-refractivity contribution in [3.8, 4) is 49.0 Å². The van der Waals surface area contributed by atoms with Gasteiger partial charge in [-0.25, -0.2) is 29.9 Å². The lowest BCUT2D eigenvalue weighted by Gasteiger charge is -2.09. The fourth-order valence-corrected chi connectivity index (χ4v) is 12.1. The zero-order valence-corrected chi connectivity index (χ0v) is 55.6. The predicted molar refractivity (Wildman–Crippen MR) is 361 cm³/mol. The average Bonchev–Trinajstić information content (AvgIpc) is 2.27. The van der Waals surface area contributed by atoms with Crippen LogP contribution >= 0.6 is 68.0 Å². The minimum atomic E-state index is -0.500. The number of rotatable bonds is 21. The molecular formula is C57H71N17O8S6. The zero-order valence-electron chi connectivity index (χ0n) is 50.7. The third-order valence-corrected chi connectivity index (χ3v) is 16.2. The average molecular weight is 1310 g/mol. The normalized spacial score (nSPS) is 9.92. The van der Waals surface area contributed by atoms with Gasteiger partial charge in [0.25, 0.3) is 0 Å². The number of azide groups is 1. The first kappa shape index (κ1) is 71.8. The standard InChI is InChI=1S/3C18H20N4O2S2.CH3N3.CH3NO2.CH5N/c3*1-4-15(23)22-18-19-11(3)16(26-18)13-10-25-17(21-13)20-12-8-6-7-9-14(12)24-5-2;1-3-4-2;1-2(3)4;1-2/h3*6-10H,4-5H2,1-3H3,(H,20,21)(H,19,22,23);2*1H3;2H2,1H3.